The highest BCUT2D eigenvalue weighted by atomic mass is 79.9. The van der Waals surface area contributed by atoms with Gasteiger partial charge in [0.2, 0.25) is 0 Å². The molecule has 0 amide bonds. The molecule has 11 heteroatoms. The Morgan fingerprint density at radius 3 is 2.34 bits per heavy atom. The number of imidazole rings is 1. The van der Waals surface area contributed by atoms with E-state index < -0.39 is 18.8 Å². The Morgan fingerprint density at radius 1 is 1.02 bits per heavy atom. The molecular formula is C30H40BrN4O5P. The average molecular weight is 648 g/mol. The van der Waals surface area contributed by atoms with Gasteiger partial charge in [0.1, 0.15) is 5.82 Å². The van der Waals surface area contributed by atoms with Crippen molar-refractivity contribution >= 4 is 34.7 Å². The third kappa shape index (κ3) is 7.70. The number of fused-ring (bicyclic) bond motifs is 1. The second-order valence-electron chi connectivity index (χ2n) is 10.5. The summed E-state index contributed by atoms with van der Waals surface area (Å²) in [5, 5.41) is 0. The molecule has 0 unspecified atom stereocenters. The van der Waals surface area contributed by atoms with Crippen LogP contribution >= 0.6 is 23.5 Å². The fourth-order valence-electron chi connectivity index (χ4n) is 5.65. The molecule has 0 spiro atoms. The van der Waals surface area contributed by atoms with Crippen LogP contribution in [-0.4, -0.2) is 38.1 Å². The van der Waals surface area contributed by atoms with Gasteiger partial charge in [-0.2, -0.15) is 0 Å². The predicted octanol–water partition coefficient (Wildman–Crippen LogP) is 5.78. The summed E-state index contributed by atoms with van der Waals surface area (Å²) < 4.78 is 29.5. The molecule has 9 nitrogen and oxygen atoms in total. The molecule has 0 N–H and O–H groups in total. The second-order valence-corrected chi connectivity index (χ2v) is 13.6. The van der Waals surface area contributed by atoms with Gasteiger partial charge in [-0.25, -0.2) is 14.3 Å². The van der Waals surface area contributed by atoms with E-state index in [2.05, 4.69) is 34.0 Å². The van der Waals surface area contributed by atoms with Gasteiger partial charge in [-0.1, -0.05) is 46.8 Å². The topological polar surface area (TPSA) is 97.3 Å². The molecule has 2 heterocycles. The fourth-order valence-corrected chi connectivity index (χ4v) is 7.64. The fraction of sp³-hybridized carbons (Fsp3) is 0.567. The van der Waals surface area contributed by atoms with E-state index in [9.17, 15) is 14.2 Å². The monoisotopic (exact) mass is 646 g/mol. The Balaban J connectivity index is 1.71. The Morgan fingerprint density at radius 2 is 1.71 bits per heavy atom. The first kappa shape index (κ1) is 31.5. The predicted molar refractivity (Wildman–Crippen MR) is 166 cm³/mol. The van der Waals surface area contributed by atoms with E-state index >= 15 is 0 Å². The summed E-state index contributed by atoms with van der Waals surface area (Å²) >= 11 is 3.49. The van der Waals surface area contributed by atoms with E-state index in [0.717, 1.165) is 34.1 Å². The maximum Gasteiger partial charge on any atom is 0.333 e. The number of nitrogens with zero attached hydrogens (tertiary/aromatic N) is 4. The maximum atomic E-state index is 13.7. The van der Waals surface area contributed by atoms with E-state index in [1.54, 1.807) is 18.4 Å². The zero-order valence-electron chi connectivity index (χ0n) is 24.0. The number of terminal acetylenes is 1. The minimum atomic E-state index is -3.18. The van der Waals surface area contributed by atoms with Crippen molar-refractivity contribution in [3.63, 3.8) is 0 Å². The van der Waals surface area contributed by atoms with E-state index in [1.807, 2.05) is 16.7 Å². The van der Waals surface area contributed by atoms with Crippen LogP contribution in [0.25, 0.3) is 11.2 Å². The van der Waals surface area contributed by atoms with Crippen LogP contribution in [-0.2, 0) is 46.1 Å². The molecule has 4 rings (SSSR count). The van der Waals surface area contributed by atoms with E-state index in [1.165, 1.54) is 18.4 Å². The summed E-state index contributed by atoms with van der Waals surface area (Å²) in [5.41, 5.74) is 1.14. The van der Waals surface area contributed by atoms with Crippen molar-refractivity contribution in [1.29, 1.82) is 0 Å². The molecule has 41 heavy (non-hydrogen) atoms. The molecule has 2 aromatic heterocycles. The first-order valence-corrected chi connectivity index (χ1v) is 17.1. The lowest BCUT2D eigenvalue weighted by molar-refractivity contribution is 0.219. The molecule has 222 valence electrons. The summed E-state index contributed by atoms with van der Waals surface area (Å²) in [6.45, 7) is 5.07. The first-order chi connectivity index (χ1) is 19.8. The third-order valence-corrected chi connectivity index (χ3v) is 10.3. The van der Waals surface area contributed by atoms with Crippen molar-refractivity contribution in [3.8, 4) is 12.3 Å². The zero-order valence-corrected chi connectivity index (χ0v) is 26.5. The minimum Gasteiger partial charge on any atom is -0.322 e. The van der Waals surface area contributed by atoms with Gasteiger partial charge in [-0.15, -0.1) is 6.42 Å². The van der Waals surface area contributed by atoms with Crippen LogP contribution in [0, 0.1) is 18.3 Å². The SMILES string of the molecule is C#CCn1c(=O)c2c(nc(CCc3ccc(Br)cc3)n2CC2CCCC2)n(CCCCP(=O)(OCC)OCC)c1=O. The van der Waals surface area contributed by atoms with Crippen LogP contribution in [0.5, 0.6) is 0 Å². The third-order valence-electron chi connectivity index (χ3n) is 7.62. The van der Waals surface area contributed by atoms with Gasteiger partial charge in [-0.05, 0) is 69.6 Å². The lowest BCUT2D eigenvalue weighted by Crippen LogP contribution is -2.40. The van der Waals surface area contributed by atoms with Crippen LogP contribution in [0.15, 0.2) is 38.3 Å². The Kier molecular flexibility index (Phi) is 11.2. The number of aromatic nitrogens is 4. The number of benzene rings is 1. The molecule has 1 fully saturated rings. The molecule has 3 aromatic rings. The molecule has 0 atom stereocenters. The van der Waals surface area contributed by atoms with Gasteiger partial charge in [0.25, 0.3) is 5.56 Å². The molecule has 1 saturated carbocycles. The largest absolute Gasteiger partial charge is 0.333 e. The average Bonchev–Trinajstić information content (AvgIpc) is 3.59. The Bertz CT molecular complexity index is 1520. The van der Waals surface area contributed by atoms with Gasteiger partial charge in [0.05, 0.1) is 25.9 Å². The highest BCUT2D eigenvalue weighted by Gasteiger charge is 2.26. The van der Waals surface area contributed by atoms with Gasteiger partial charge < -0.3 is 13.6 Å². The number of aryl methyl sites for hydroxylation is 3. The number of rotatable bonds is 15. The van der Waals surface area contributed by atoms with Crippen LogP contribution in [0.3, 0.4) is 0 Å². The number of hydrogen-bond donors (Lipinski definition) is 0. The van der Waals surface area contributed by atoms with Crippen molar-refractivity contribution in [1.82, 2.24) is 18.7 Å². The first-order valence-electron chi connectivity index (χ1n) is 14.6. The van der Waals surface area contributed by atoms with Crippen LogP contribution in [0.2, 0.25) is 0 Å². The summed E-state index contributed by atoms with van der Waals surface area (Å²) in [6.07, 6.45) is 12.9. The molecular weight excluding hydrogens is 607 g/mol. The molecule has 1 aromatic carbocycles. The Hall–Kier alpha value is -2.44. The van der Waals surface area contributed by atoms with Crippen molar-refractivity contribution in [2.24, 2.45) is 5.92 Å². The normalized spacial score (nSPS) is 14.2. The standard InChI is InChI=1S/C30H40BrN4O5P/c1-4-19-34-29(36)27-28(33(30(34)37)20-9-10-21-41(38,39-5-2)40-6-3)32-26(35(27)22-24-11-7-8-12-24)18-15-23-13-16-25(31)17-14-23/h1,13-14,16-17,24H,5-12,15,18-22H2,2-3H3. The minimum absolute atomic E-state index is 0.111. The summed E-state index contributed by atoms with van der Waals surface area (Å²) in [5.74, 6) is 3.74. The van der Waals surface area contributed by atoms with Gasteiger partial charge in [0, 0.05) is 24.0 Å². The van der Waals surface area contributed by atoms with Gasteiger partial charge in [-0.3, -0.25) is 13.9 Å². The van der Waals surface area contributed by atoms with Crippen LogP contribution in [0.4, 0.5) is 0 Å². The highest BCUT2D eigenvalue weighted by Crippen LogP contribution is 2.48. The number of unbranched alkanes of at least 4 members (excludes halogenated alkanes) is 1. The molecule has 0 radical (unpaired) electrons. The van der Waals surface area contributed by atoms with Crippen molar-refractivity contribution < 1.29 is 13.6 Å². The van der Waals surface area contributed by atoms with E-state index in [0.29, 0.717) is 62.6 Å². The quantitative estimate of drug-likeness (QED) is 0.118. The van der Waals surface area contributed by atoms with E-state index in [4.69, 9.17) is 20.5 Å². The molecule has 0 saturated heterocycles. The summed E-state index contributed by atoms with van der Waals surface area (Å²) in [4.78, 5) is 32.2. The second kappa shape index (κ2) is 14.6. The van der Waals surface area contributed by atoms with Crippen LogP contribution < -0.4 is 11.2 Å². The number of hydrogen-bond acceptors (Lipinski definition) is 6. The van der Waals surface area contributed by atoms with Crippen molar-refractivity contribution in [2.75, 3.05) is 19.4 Å². The lowest BCUT2D eigenvalue weighted by Gasteiger charge is -2.17. The van der Waals surface area contributed by atoms with Gasteiger partial charge >= 0.3 is 13.3 Å². The van der Waals surface area contributed by atoms with E-state index in [-0.39, 0.29) is 12.7 Å². The molecule has 1 aliphatic carbocycles. The lowest BCUT2D eigenvalue weighted by atomic mass is 10.1. The smallest absolute Gasteiger partial charge is 0.322 e. The van der Waals surface area contributed by atoms with Crippen molar-refractivity contribution in [3.05, 3.63) is 61.0 Å². The number of halogens is 1. The van der Waals surface area contributed by atoms with Gasteiger partial charge in [0.15, 0.2) is 11.2 Å². The van der Waals surface area contributed by atoms with Crippen molar-refractivity contribution in [2.45, 2.75) is 84.8 Å². The maximum absolute atomic E-state index is 13.7. The summed E-state index contributed by atoms with van der Waals surface area (Å²) in [6, 6.07) is 8.19. The summed E-state index contributed by atoms with van der Waals surface area (Å²) in [7, 11) is -3.18. The molecule has 0 bridgehead atoms. The Labute approximate surface area is 249 Å². The highest BCUT2D eigenvalue weighted by molar-refractivity contribution is 9.10. The zero-order chi connectivity index (χ0) is 29.4. The van der Waals surface area contributed by atoms with Crippen LogP contribution in [0.1, 0.15) is 63.8 Å². The molecule has 0 aliphatic heterocycles. The molecule has 1 aliphatic rings.